The Bertz CT molecular complexity index is 323. The van der Waals surface area contributed by atoms with Gasteiger partial charge in [-0.3, -0.25) is 4.79 Å². The molecule has 1 rings (SSSR count). The van der Waals surface area contributed by atoms with Gasteiger partial charge in [-0.25, -0.2) is 0 Å². The minimum absolute atomic E-state index is 0.272. The summed E-state index contributed by atoms with van der Waals surface area (Å²) >= 11 is 0. The highest BCUT2D eigenvalue weighted by molar-refractivity contribution is 5.77. The SMILES string of the molecule is CCCC=C[C@H]1CCCCC(=O)N1CC=CCOCC. The molecule has 0 saturated carbocycles. The van der Waals surface area contributed by atoms with Crippen molar-refractivity contribution in [3.63, 3.8) is 0 Å². The third-order valence-corrected chi connectivity index (χ3v) is 3.56. The van der Waals surface area contributed by atoms with E-state index in [1.165, 1.54) is 0 Å². The number of rotatable bonds is 8. The molecule has 0 unspecified atom stereocenters. The maximum Gasteiger partial charge on any atom is 0.223 e. The zero-order valence-corrected chi connectivity index (χ0v) is 13.0. The van der Waals surface area contributed by atoms with Gasteiger partial charge in [-0.05, 0) is 26.2 Å². The number of hydrogen-bond acceptors (Lipinski definition) is 2. The molecule has 0 spiro atoms. The molecule has 0 aromatic carbocycles. The van der Waals surface area contributed by atoms with Gasteiger partial charge in [-0.1, -0.05) is 44.1 Å². The number of nitrogens with zero attached hydrogens (tertiary/aromatic N) is 1. The number of ether oxygens (including phenoxy) is 1. The topological polar surface area (TPSA) is 29.5 Å². The van der Waals surface area contributed by atoms with Crippen LogP contribution >= 0.6 is 0 Å². The predicted molar refractivity (Wildman–Crippen MR) is 83.7 cm³/mol. The molecule has 1 saturated heterocycles. The fourth-order valence-corrected chi connectivity index (χ4v) is 2.41. The molecule has 1 fully saturated rings. The van der Waals surface area contributed by atoms with Crippen LogP contribution in [0.4, 0.5) is 0 Å². The van der Waals surface area contributed by atoms with Crippen molar-refractivity contribution in [2.45, 2.75) is 58.4 Å². The number of carbonyl (C=O) groups is 1. The summed E-state index contributed by atoms with van der Waals surface area (Å²) in [6.45, 7) is 6.23. The first-order chi connectivity index (χ1) is 9.79. The molecule has 20 heavy (non-hydrogen) atoms. The molecule has 1 atom stereocenters. The van der Waals surface area contributed by atoms with Gasteiger partial charge >= 0.3 is 0 Å². The van der Waals surface area contributed by atoms with Crippen molar-refractivity contribution in [3.8, 4) is 0 Å². The highest BCUT2D eigenvalue weighted by Gasteiger charge is 2.22. The first-order valence-corrected chi connectivity index (χ1v) is 7.98. The number of unbranched alkanes of at least 4 members (excludes halogenated alkanes) is 1. The van der Waals surface area contributed by atoms with Gasteiger partial charge in [-0.15, -0.1) is 0 Å². The van der Waals surface area contributed by atoms with E-state index in [1.54, 1.807) is 0 Å². The lowest BCUT2D eigenvalue weighted by molar-refractivity contribution is -0.131. The molecule has 0 aliphatic carbocycles. The first-order valence-electron chi connectivity index (χ1n) is 7.98. The van der Waals surface area contributed by atoms with Crippen LogP contribution in [0, 0.1) is 0 Å². The second kappa shape index (κ2) is 10.7. The van der Waals surface area contributed by atoms with E-state index in [2.05, 4.69) is 25.2 Å². The number of amides is 1. The van der Waals surface area contributed by atoms with Crippen molar-refractivity contribution in [1.29, 1.82) is 0 Å². The molecule has 1 aliphatic rings. The third kappa shape index (κ3) is 6.38. The van der Waals surface area contributed by atoms with Crippen LogP contribution in [0.1, 0.15) is 52.4 Å². The smallest absolute Gasteiger partial charge is 0.223 e. The monoisotopic (exact) mass is 279 g/mol. The van der Waals surface area contributed by atoms with E-state index in [1.807, 2.05) is 17.9 Å². The van der Waals surface area contributed by atoms with Crippen molar-refractivity contribution >= 4 is 5.91 Å². The average molecular weight is 279 g/mol. The van der Waals surface area contributed by atoms with E-state index in [9.17, 15) is 4.79 Å². The van der Waals surface area contributed by atoms with Crippen LogP contribution < -0.4 is 0 Å². The van der Waals surface area contributed by atoms with E-state index in [4.69, 9.17) is 4.74 Å². The molecular formula is C17H29NO2. The van der Waals surface area contributed by atoms with Crippen molar-refractivity contribution in [1.82, 2.24) is 4.90 Å². The normalized spacial score (nSPS) is 21.0. The van der Waals surface area contributed by atoms with Gasteiger partial charge in [0.2, 0.25) is 5.91 Å². The summed E-state index contributed by atoms with van der Waals surface area (Å²) in [7, 11) is 0. The molecule has 0 aromatic heterocycles. The Hall–Kier alpha value is -1.09. The van der Waals surface area contributed by atoms with Gasteiger partial charge in [0.05, 0.1) is 12.6 Å². The van der Waals surface area contributed by atoms with Crippen molar-refractivity contribution in [2.24, 2.45) is 0 Å². The van der Waals surface area contributed by atoms with Crippen LogP contribution in [0.3, 0.4) is 0 Å². The second-order valence-corrected chi connectivity index (χ2v) is 5.21. The van der Waals surface area contributed by atoms with Crippen LogP contribution in [0.15, 0.2) is 24.3 Å². The molecule has 1 amide bonds. The fraction of sp³-hybridized carbons (Fsp3) is 0.706. The molecule has 3 heteroatoms. The molecular weight excluding hydrogens is 250 g/mol. The quantitative estimate of drug-likeness (QED) is 0.501. The minimum Gasteiger partial charge on any atom is -0.378 e. The number of likely N-dealkylation sites (tertiary alicyclic amines) is 1. The van der Waals surface area contributed by atoms with Crippen LogP contribution in [-0.4, -0.2) is 36.6 Å². The zero-order valence-electron chi connectivity index (χ0n) is 13.0. The van der Waals surface area contributed by atoms with Gasteiger partial charge in [-0.2, -0.15) is 0 Å². The molecule has 0 radical (unpaired) electrons. The summed E-state index contributed by atoms with van der Waals surface area (Å²) in [6.07, 6.45) is 14.7. The first kappa shape index (κ1) is 17.0. The molecule has 114 valence electrons. The summed E-state index contributed by atoms with van der Waals surface area (Å²) in [5.74, 6) is 0.287. The Balaban J connectivity index is 2.57. The summed E-state index contributed by atoms with van der Waals surface area (Å²) in [5.41, 5.74) is 0. The standard InChI is InChI=1S/C17H29NO2/c1-3-5-6-11-16-12-7-8-13-17(19)18(16)14-9-10-15-20-4-2/h6,9-11,16H,3-5,7-8,12-15H2,1-2H3/t16-/m0/s1. The zero-order chi connectivity index (χ0) is 14.6. The van der Waals surface area contributed by atoms with Gasteiger partial charge in [0.15, 0.2) is 0 Å². The second-order valence-electron chi connectivity index (χ2n) is 5.21. The Kier molecular flexibility index (Phi) is 9.05. The average Bonchev–Trinajstić information content (AvgIpc) is 2.62. The maximum atomic E-state index is 12.2. The van der Waals surface area contributed by atoms with E-state index in [-0.39, 0.29) is 11.9 Å². The molecule has 0 bridgehead atoms. The highest BCUT2D eigenvalue weighted by Crippen LogP contribution is 2.19. The summed E-state index contributed by atoms with van der Waals surface area (Å²) in [6, 6.07) is 0.272. The summed E-state index contributed by atoms with van der Waals surface area (Å²) in [5, 5.41) is 0. The van der Waals surface area contributed by atoms with E-state index in [0.29, 0.717) is 19.6 Å². The third-order valence-electron chi connectivity index (χ3n) is 3.56. The molecule has 0 N–H and O–H groups in total. The van der Waals surface area contributed by atoms with E-state index >= 15 is 0 Å². The maximum absolute atomic E-state index is 12.2. The van der Waals surface area contributed by atoms with Gasteiger partial charge in [0.25, 0.3) is 0 Å². The highest BCUT2D eigenvalue weighted by atomic mass is 16.5. The molecule has 1 heterocycles. The summed E-state index contributed by atoms with van der Waals surface area (Å²) < 4.78 is 5.28. The van der Waals surface area contributed by atoms with Gasteiger partial charge < -0.3 is 9.64 Å². The molecule has 3 nitrogen and oxygen atoms in total. The Morgan fingerprint density at radius 3 is 2.85 bits per heavy atom. The van der Waals surface area contributed by atoms with Crippen molar-refractivity contribution in [3.05, 3.63) is 24.3 Å². The van der Waals surface area contributed by atoms with E-state index < -0.39 is 0 Å². The number of hydrogen-bond donors (Lipinski definition) is 0. The lowest BCUT2D eigenvalue weighted by Crippen LogP contribution is -2.37. The van der Waals surface area contributed by atoms with Crippen LogP contribution in [0.5, 0.6) is 0 Å². The lowest BCUT2D eigenvalue weighted by atomic mass is 10.1. The Labute approximate surface area is 123 Å². The minimum atomic E-state index is 0.272. The van der Waals surface area contributed by atoms with Crippen LogP contribution in [0.25, 0.3) is 0 Å². The molecule has 0 aromatic rings. The van der Waals surface area contributed by atoms with Crippen molar-refractivity contribution in [2.75, 3.05) is 19.8 Å². The van der Waals surface area contributed by atoms with Crippen LogP contribution in [0.2, 0.25) is 0 Å². The largest absolute Gasteiger partial charge is 0.378 e. The predicted octanol–water partition coefficient (Wildman–Crippen LogP) is 3.71. The Morgan fingerprint density at radius 2 is 2.10 bits per heavy atom. The van der Waals surface area contributed by atoms with Crippen molar-refractivity contribution < 1.29 is 9.53 Å². The van der Waals surface area contributed by atoms with Gasteiger partial charge in [0.1, 0.15) is 0 Å². The molecule has 1 aliphatic heterocycles. The van der Waals surface area contributed by atoms with E-state index in [0.717, 1.165) is 38.7 Å². The van der Waals surface area contributed by atoms with Gasteiger partial charge in [0, 0.05) is 19.6 Å². The number of carbonyl (C=O) groups excluding carboxylic acids is 1. The number of allylic oxidation sites excluding steroid dienone is 1. The fourth-order valence-electron chi connectivity index (χ4n) is 2.41. The summed E-state index contributed by atoms with van der Waals surface area (Å²) in [4.78, 5) is 14.2. The van der Waals surface area contributed by atoms with Crippen LogP contribution in [-0.2, 0) is 9.53 Å². The lowest BCUT2D eigenvalue weighted by Gasteiger charge is -2.27. The Morgan fingerprint density at radius 1 is 1.25 bits per heavy atom.